The molecule has 0 aromatic heterocycles. The third-order valence-corrected chi connectivity index (χ3v) is 4.22. The van der Waals surface area contributed by atoms with Crippen molar-refractivity contribution in [1.29, 1.82) is 0 Å². The van der Waals surface area contributed by atoms with Crippen molar-refractivity contribution in [1.82, 2.24) is 4.90 Å². The Kier molecular flexibility index (Phi) is 3.89. The number of benzene rings is 1. The van der Waals surface area contributed by atoms with E-state index in [1.807, 2.05) is 19.1 Å². The van der Waals surface area contributed by atoms with Crippen LogP contribution in [-0.2, 0) is 4.79 Å². The van der Waals surface area contributed by atoms with Gasteiger partial charge in [0, 0.05) is 15.2 Å². The Hall–Kier alpha value is -1.11. The van der Waals surface area contributed by atoms with Gasteiger partial charge in [0.1, 0.15) is 6.54 Å². The largest absolute Gasteiger partial charge is 0.480 e. The highest BCUT2D eigenvalue weighted by Crippen LogP contribution is 2.29. The molecule has 4 nitrogen and oxygen atoms in total. The summed E-state index contributed by atoms with van der Waals surface area (Å²) in [7, 11) is 0. The lowest BCUT2D eigenvalue weighted by Gasteiger charge is -2.21. The number of rotatable bonds is 4. The molecular weight excluding hydrogens is 345 g/mol. The summed E-state index contributed by atoms with van der Waals surface area (Å²) in [6.45, 7) is 1.68. The third kappa shape index (κ3) is 2.82. The Bertz CT molecular complexity index is 497. The lowest BCUT2D eigenvalue weighted by Crippen LogP contribution is -2.37. The Morgan fingerprint density at radius 1 is 1.44 bits per heavy atom. The van der Waals surface area contributed by atoms with Crippen molar-refractivity contribution in [2.24, 2.45) is 0 Å². The van der Waals surface area contributed by atoms with Gasteiger partial charge in [0.15, 0.2) is 0 Å². The van der Waals surface area contributed by atoms with Gasteiger partial charge in [-0.3, -0.25) is 9.59 Å². The molecule has 1 aliphatic carbocycles. The smallest absolute Gasteiger partial charge is 0.323 e. The van der Waals surface area contributed by atoms with Gasteiger partial charge in [-0.15, -0.1) is 0 Å². The molecular formula is C13H14INO3. The van der Waals surface area contributed by atoms with E-state index in [1.165, 1.54) is 4.90 Å². The summed E-state index contributed by atoms with van der Waals surface area (Å²) in [6, 6.07) is 5.63. The molecule has 0 bridgehead atoms. The highest BCUT2D eigenvalue weighted by atomic mass is 127. The molecule has 1 N–H and O–H groups in total. The second kappa shape index (κ2) is 5.26. The van der Waals surface area contributed by atoms with Gasteiger partial charge in [-0.25, -0.2) is 0 Å². The second-order valence-corrected chi connectivity index (χ2v) is 5.63. The molecule has 1 aromatic carbocycles. The van der Waals surface area contributed by atoms with Crippen LogP contribution >= 0.6 is 22.6 Å². The number of carboxylic acid groups (broad SMARTS) is 1. The molecule has 5 heteroatoms. The van der Waals surface area contributed by atoms with E-state index in [-0.39, 0.29) is 18.5 Å². The van der Waals surface area contributed by atoms with E-state index < -0.39 is 5.97 Å². The molecule has 1 fully saturated rings. The molecule has 0 heterocycles. The van der Waals surface area contributed by atoms with Crippen LogP contribution in [0, 0.1) is 10.5 Å². The molecule has 0 spiro atoms. The zero-order valence-electron chi connectivity index (χ0n) is 10.0. The Morgan fingerprint density at radius 3 is 2.67 bits per heavy atom. The zero-order valence-corrected chi connectivity index (χ0v) is 12.2. The van der Waals surface area contributed by atoms with E-state index in [4.69, 9.17) is 5.11 Å². The standard InChI is InChI=1S/C13H14INO3/c1-8-10(3-2-4-11(8)14)13(18)15(7-12(16)17)9-5-6-9/h2-4,9H,5-7H2,1H3,(H,16,17). The van der Waals surface area contributed by atoms with Crippen LogP contribution in [0.3, 0.4) is 0 Å². The molecule has 1 amide bonds. The average molecular weight is 359 g/mol. The van der Waals surface area contributed by atoms with Gasteiger partial charge in [-0.05, 0) is 60.1 Å². The van der Waals surface area contributed by atoms with E-state index in [1.54, 1.807) is 6.07 Å². The predicted octanol–water partition coefficient (Wildman–Crippen LogP) is 2.29. The van der Waals surface area contributed by atoms with Crippen molar-refractivity contribution in [2.45, 2.75) is 25.8 Å². The number of aliphatic carboxylic acids is 1. The van der Waals surface area contributed by atoms with Gasteiger partial charge in [-0.1, -0.05) is 6.07 Å². The van der Waals surface area contributed by atoms with E-state index in [0.29, 0.717) is 5.56 Å². The first-order valence-electron chi connectivity index (χ1n) is 5.78. The van der Waals surface area contributed by atoms with Gasteiger partial charge < -0.3 is 10.0 Å². The first kappa shape index (κ1) is 13.3. The molecule has 0 saturated heterocycles. The van der Waals surface area contributed by atoms with Crippen molar-refractivity contribution in [2.75, 3.05) is 6.54 Å². The Balaban J connectivity index is 2.27. The molecule has 2 rings (SSSR count). The van der Waals surface area contributed by atoms with Crippen LogP contribution in [0.1, 0.15) is 28.8 Å². The van der Waals surface area contributed by atoms with E-state index in [0.717, 1.165) is 22.0 Å². The molecule has 0 atom stereocenters. The number of amides is 1. The van der Waals surface area contributed by atoms with Crippen LogP contribution in [0.15, 0.2) is 18.2 Å². The molecule has 0 aliphatic heterocycles. The first-order valence-corrected chi connectivity index (χ1v) is 6.86. The summed E-state index contributed by atoms with van der Waals surface area (Å²) in [5, 5.41) is 8.88. The minimum absolute atomic E-state index is 0.103. The number of hydrogen-bond donors (Lipinski definition) is 1. The van der Waals surface area contributed by atoms with E-state index in [2.05, 4.69) is 22.6 Å². The molecule has 1 aromatic rings. The third-order valence-electron chi connectivity index (χ3n) is 3.05. The minimum atomic E-state index is -0.960. The van der Waals surface area contributed by atoms with E-state index in [9.17, 15) is 9.59 Å². The summed E-state index contributed by atoms with van der Waals surface area (Å²) in [5.41, 5.74) is 1.52. The van der Waals surface area contributed by atoms with Crippen LogP contribution < -0.4 is 0 Å². The van der Waals surface area contributed by atoms with Crippen LogP contribution in [0.4, 0.5) is 0 Å². The molecule has 0 radical (unpaired) electrons. The monoisotopic (exact) mass is 359 g/mol. The second-order valence-electron chi connectivity index (χ2n) is 4.47. The molecule has 96 valence electrons. The molecule has 1 saturated carbocycles. The average Bonchev–Trinajstić information content (AvgIpc) is 3.12. The van der Waals surface area contributed by atoms with Gasteiger partial charge in [0.2, 0.25) is 0 Å². The van der Waals surface area contributed by atoms with Crippen molar-refractivity contribution in [3.63, 3.8) is 0 Å². The van der Waals surface area contributed by atoms with Crippen LogP contribution in [0.25, 0.3) is 0 Å². The number of carbonyl (C=O) groups excluding carboxylic acids is 1. The van der Waals surface area contributed by atoms with Crippen molar-refractivity contribution in [3.05, 3.63) is 32.9 Å². The summed E-state index contributed by atoms with van der Waals surface area (Å²) in [5.74, 6) is -1.13. The number of hydrogen-bond acceptors (Lipinski definition) is 2. The summed E-state index contributed by atoms with van der Waals surface area (Å²) in [4.78, 5) is 24.7. The number of nitrogens with zero attached hydrogens (tertiary/aromatic N) is 1. The Morgan fingerprint density at radius 2 is 2.11 bits per heavy atom. The van der Waals surface area contributed by atoms with Crippen LogP contribution in [0.2, 0.25) is 0 Å². The predicted molar refractivity (Wildman–Crippen MR) is 75.6 cm³/mol. The summed E-state index contributed by atoms with van der Waals surface area (Å²) < 4.78 is 1.02. The summed E-state index contributed by atoms with van der Waals surface area (Å²) in [6.07, 6.45) is 1.81. The SMILES string of the molecule is Cc1c(I)cccc1C(=O)N(CC(=O)O)C1CC1. The molecule has 0 unspecified atom stereocenters. The molecule has 18 heavy (non-hydrogen) atoms. The van der Waals surface area contributed by atoms with Gasteiger partial charge in [0.25, 0.3) is 5.91 Å². The maximum absolute atomic E-state index is 12.4. The van der Waals surface area contributed by atoms with Crippen molar-refractivity contribution >= 4 is 34.5 Å². The van der Waals surface area contributed by atoms with Crippen molar-refractivity contribution < 1.29 is 14.7 Å². The lowest BCUT2D eigenvalue weighted by molar-refractivity contribution is -0.137. The fourth-order valence-electron chi connectivity index (χ4n) is 1.89. The fraction of sp³-hybridized carbons (Fsp3) is 0.385. The van der Waals surface area contributed by atoms with Crippen LogP contribution in [-0.4, -0.2) is 34.5 Å². The first-order chi connectivity index (χ1) is 8.50. The van der Waals surface area contributed by atoms with Gasteiger partial charge >= 0.3 is 5.97 Å². The normalized spacial score (nSPS) is 14.3. The highest BCUT2D eigenvalue weighted by Gasteiger charge is 2.34. The zero-order chi connectivity index (χ0) is 13.3. The lowest BCUT2D eigenvalue weighted by atomic mass is 10.1. The van der Waals surface area contributed by atoms with Crippen molar-refractivity contribution in [3.8, 4) is 0 Å². The number of carbonyl (C=O) groups is 2. The van der Waals surface area contributed by atoms with Gasteiger partial charge in [0.05, 0.1) is 0 Å². The number of halogens is 1. The van der Waals surface area contributed by atoms with Crippen LogP contribution in [0.5, 0.6) is 0 Å². The van der Waals surface area contributed by atoms with Gasteiger partial charge in [-0.2, -0.15) is 0 Å². The van der Waals surface area contributed by atoms with E-state index >= 15 is 0 Å². The Labute approximate surface area is 119 Å². The number of carboxylic acids is 1. The maximum Gasteiger partial charge on any atom is 0.323 e. The highest BCUT2D eigenvalue weighted by molar-refractivity contribution is 14.1. The maximum atomic E-state index is 12.4. The minimum Gasteiger partial charge on any atom is -0.480 e. The molecule has 1 aliphatic rings. The fourth-order valence-corrected chi connectivity index (χ4v) is 2.39. The topological polar surface area (TPSA) is 57.6 Å². The summed E-state index contributed by atoms with van der Waals surface area (Å²) >= 11 is 2.18. The quantitative estimate of drug-likeness (QED) is 0.840.